The third-order valence-corrected chi connectivity index (χ3v) is 3.46. The summed E-state index contributed by atoms with van der Waals surface area (Å²) in [5, 5.41) is 4.01. The first kappa shape index (κ1) is 15.0. The molecule has 0 saturated heterocycles. The molecule has 23 heavy (non-hydrogen) atoms. The SMILES string of the molecule is Cc1ccc(C)c(-c2noc(COc3cccc(C=O)c3)n2)c1. The van der Waals surface area contributed by atoms with Crippen LogP contribution in [0.25, 0.3) is 11.4 Å². The standard InChI is InChI=1S/C18H16N2O3/c1-12-6-7-13(2)16(8-12)18-19-17(23-20-18)11-22-15-5-3-4-14(9-15)10-21/h3-10H,11H2,1-2H3. The lowest BCUT2D eigenvalue weighted by Crippen LogP contribution is -1.96. The Morgan fingerprint density at radius 3 is 2.87 bits per heavy atom. The van der Waals surface area contributed by atoms with Gasteiger partial charge in [0.15, 0.2) is 6.61 Å². The molecular formula is C18H16N2O3. The Kier molecular flexibility index (Phi) is 4.19. The van der Waals surface area contributed by atoms with Gasteiger partial charge < -0.3 is 9.26 Å². The van der Waals surface area contributed by atoms with Crippen molar-refractivity contribution in [1.29, 1.82) is 0 Å². The topological polar surface area (TPSA) is 65.2 Å². The van der Waals surface area contributed by atoms with Crippen LogP contribution in [0.1, 0.15) is 27.4 Å². The van der Waals surface area contributed by atoms with Gasteiger partial charge in [0.05, 0.1) is 0 Å². The molecule has 0 amide bonds. The summed E-state index contributed by atoms with van der Waals surface area (Å²) in [7, 11) is 0. The van der Waals surface area contributed by atoms with Crippen molar-refractivity contribution in [3.8, 4) is 17.1 Å². The van der Waals surface area contributed by atoms with Gasteiger partial charge in [-0.1, -0.05) is 35.0 Å². The molecule has 0 atom stereocenters. The Balaban J connectivity index is 1.74. The van der Waals surface area contributed by atoms with E-state index in [1.165, 1.54) is 0 Å². The van der Waals surface area contributed by atoms with Crippen LogP contribution in [0.3, 0.4) is 0 Å². The van der Waals surface area contributed by atoms with E-state index in [0.717, 1.165) is 23.0 Å². The van der Waals surface area contributed by atoms with Gasteiger partial charge in [0.1, 0.15) is 12.0 Å². The van der Waals surface area contributed by atoms with E-state index in [2.05, 4.69) is 10.1 Å². The molecule has 0 bridgehead atoms. The Bertz CT molecular complexity index is 840. The molecule has 0 saturated carbocycles. The number of hydrogen-bond acceptors (Lipinski definition) is 5. The van der Waals surface area contributed by atoms with Crippen molar-refractivity contribution in [1.82, 2.24) is 10.1 Å². The molecule has 0 aliphatic carbocycles. The van der Waals surface area contributed by atoms with Gasteiger partial charge in [-0.3, -0.25) is 4.79 Å². The average molecular weight is 308 g/mol. The zero-order valence-electron chi connectivity index (χ0n) is 12.9. The van der Waals surface area contributed by atoms with Crippen LogP contribution in [0.5, 0.6) is 5.75 Å². The summed E-state index contributed by atoms with van der Waals surface area (Å²) >= 11 is 0. The first-order valence-electron chi connectivity index (χ1n) is 7.24. The lowest BCUT2D eigenvalue weighted by Gasteiger charge is -2.03. The molecule has 1 heterocycles. The number of carbonyl (C=O) groups is 1. The molecule has 0 fully saturated rings. The fourth-order valence-corrected chi connectivity index (χ4v) is 2.22. The highest BCUT2D eigenvalue weighted by atomic mass is 16.5. The van der Waals surface area contributed by atoms with Crippen LogP contribution in [0, 0.1) is 13.8 Å². The van der Waals surface area contributed by atoms with Crippen LogP contribution < -0.4 is 4.74 Å². The fraction of sp³-hybridized carbons (Fsp3) is 0.167. The molecule has 3 aromatic rings. The highest BCUT2D eigenvalue weighted by Crippen LogP contribution is 2.22. The van der Waals surface area contributed by atoms with Crippen molar-refractivity contribution < 1.29 is 14.1 Å². The first-order valence-corrected chi connectivity index (χ1v) is 7.24. The number of aryl methyl sites for hydroxylation is 2. The predicted octanol–water partition coefficient (Wildman–Crippen LogP) is 3.74. The number of benzene rings is 2. The van der Waals surface area contributed by atoms with Gasteiger partial charge in [-0.25, -0.2) is 0 Å². The zero-order chi connectivity index (χ0) is 16.2. The van der Waals surface area contributed by atoms with Crippen LogP contribution in [-0.4, -0.2) is 16.4 Å². The number of rotatable bonds is 5. The van der Waals surface area contributed by atoms with Gasteiger partial charge in [-0.05, 0) is 37.6 Å². The van der Waals surface area contributed by atoms with Gasteiger partial charge >= 0.3 is 0 Å². The normalized spacial score (nSPS) is 10.5. The summed E-state index contributed by atoms with van der Waals surface area (Å²) in [6.45, 7) is 4.18. The smallest absolute Gasteiger partial charge is 0.264 e. The summed E-state index contributed by atoms with van der Waals surface area (Å²) in [5.41, 5.74) is 3.73. The maximum absolute atomic E-state index is 10.8. The van der Waals surface area contributed by atoms with Gasteiger partial charge in [0.25, 0.3) is 5.89 Å². The minimum absolute atomic E-state index is 0.153. The molecule has 3 rings (SSSR count). The monoisotopic (exact) mass is 308 g/mol. The average Bonchev–Trinajstić information content (AvgIpc) is 3.04. The van der Waals surface area contributed by atoms with Crippen molar-refractivity contribution >= 4 is 6.29 Å². The molecule has 0 N–H and O–H groups in total. The third kappa shape index (κ3) is 3.45. The lowest BCUT2D eigenvalue weighted by atomic mass is 10.1. The van der Waals surface area contributed by atoms with Gasteiger partial charge in [0.2, 0.25) is 5.82 Å². The summed E-state index contributed by atoms with van der Waals surface area (Å²) < 4.78 is 10.8. The second-order valence-corrected chi connectivity index (χ2v) is 5.31. The quantitative estimate of drug-likeness (QED) is 0.672. The number of ether oxygens (including phenoxy) is 1. The molecule has 1 aromatic heterocycles. The molecule has 116 valence electrons. The number of nitrogens with zero attached hydrogens (tertiary/aromatic N) is 2. The largest absolute Gasteiger partial charge is 0.484 e. The second-order valence-electron chi connectivity index (χ2n) is 5.31. The van der Waals surface area contributed by atoms with Gasteiger partial charge in [0, 0.05) is 11.1 Å². The Morgan fingerprint density at radius 2 is 2.04 bits per heavy atom. The number of aromatic nitrogens is 2. The Morgan fingerprint density at radius 1 is 1.17 bits per heavy atom. The van der Waals surface area contributed by atoms with Crippen LogP contribution >= 0.6 is 0 Å². The molecule has 0 radical (unpaired) electrons. The van der Waals surface area contributed by atoms with Crippen LogP contribution in [0.15, 0.2) is 47.0 Å². The molecule has 5 nitrogen and oxygen atoms in total. The number of hydrogen-bond donors (Lipinski definition) is 0. The van der Waals surface area contributed by atoms with Crippen molar-refractivity contribution in [2.75, 3.05) is 0 Å². The minimum Gasteiger partial charge on any atom is -0.484 e. The van der Waals surface area contributed by atoms with Crippen molar-refractivity contribution in [2.45, 2.75) is 20.5 Å². The molecule has 0 spiro atoms. The molecule has 0 unspecified atom stereocenters. The molecule has 5 heteroatoms. The van der Waals surface area contributed by atoms with Gasteiger partial charge in [-0.2, -0.15) is 4.98 Å². The molecule has 0 aliphatic heterocycles. The summed E-state index contributed by atoms with van der Waals surface area (Å²) in [6, 6.07) is 13.0. The summed E-state index contributed by atoms with van der Waals surface area (Å²) in [5.74, 6) is 1.52. The highest BCUT2D eigenvalue weighted by Gasteiger charge is 2.11. The van der Waals surface area contributed by atoms with Crippen LogP contribution in [0.4, 0.5) is 0 Å². The Labute approximate surface area is 133 Å². The first-order chi connectivity index (χ1) is 11.2. The summed E-state index contributed by atoms with van der Waals surface area (Å²) in [6.07, 6.45) is 0.776. The lowest BCUT2D eigenvalue weighted by molar-refractivity contribution is 0.112. The zero-order valence-corrected chi connectivity index (χ0v) is 12.9. The van der Waals surface area contributed by atoms with E-state index in [1.54, 1.807) is 24.3 Å². The van der Waals surface area contributed by atoms with E-state index < -0.39 is 0 Å². The number of aldehydes is 1. The van der Waals surface area contributed by atoms with E-state index >= 15 is 0 Å². The van der Waals surface area contributed by atoms with E-state index in [0.29, 0.717) is 23.0 Å². The van der Waals surface area contributed by atoms with Gasteiger partial charge in [-0.15, -0.1) is 0 Å². The highest BCUT2D eigenvalue weighted by molar-refractivity contribution is 5.75. The maximum Gasteiger partial charge on any atom is 0.264 e. The van der Waals surface area contributed by atoms with Crippen LogP contribution in [0.2, 0.25) is 0 Å². The minimum atomic E-state index is 0.153. The predicted molar refractivity (Wildman–Crippen MR) is 85.4 cm³/mol. The summed E-state index contributed by atoms with van der Waals surface area (Å²) in [4.78, 5) is 15.1. The van der Waals surface area contributed by atoms with Crippen molar-refractivity contribution in [3.05, 3.63) is 65.0 Å². The van der Waals surface area contributed by atoms with Crippen molar-refractivity contribution in [3.63, 3.8) is 0 Å². The number of carbonyl (C=O) groups excluding carboxylic acids is 1. The van der Waals surface area contributed by atoms with E-state index in [-0.39, 0.29) is 6.61 Å². The maximum atomic E-state index is 10.8. The van der Waals surface area contributed by atoms with Crippen molar-refractivity contribution in [2.24, 2.45) is 0 Å². The second kappa shape index (κ2) is 6.44. The Hall–Kier alpha value is -2.95. The van der Waals surface area contributed by atoms with E-state index in [1.807, 2.05) is 32.0 Å². The fourth-order valence-electron chi connectivity index (χ4n) is 2.22. The molecular weight excluding hydrogens is 292 g/mol. The van der Waals surface area contributed by atoms with Crippen LogP contribution in [-0.2, 0) is 6.61 Å². The third-order valence-electron chi connectivity index (χ3n) is 3.46. The van der Waals surface area contributed by atoms with E-state index in [9.17, 15) is 4.79 Å². The molecule has 2 aromatic carbocycles. The van der Waals surface area contributed by atoms with E-state index in [4.69, 9.17) is 9.26 Å². The molecule has 0 aliphatic rings.